The Hall–Kier alpha value is -3.48. The predicted octanol–water partition coefficient (Wildman–Crippen LogP) is 4.15. The van der Waals surface area contributed by atoms with E-state index < -0.39 is 0 Å². The number of carbonyl (C=O) groups excluding carboxylic acids is 1. The van der Waals surface area contributed by atoms with E-state index in [2.05, 4.69) is 10.3 Å². The summed E-state index contributed by atoms with van der Waals surface area (Å²) in [6.45, 7) is 3.93. The summed E-state index contributed by atoms with van der Waals surface area (Å²) in [5.74, 6) is 2.55. The van der Waals surface area contributed by atoms with Gasteiger partial charge in [0, 0.05) is 18.0 Å². The van der Waals surface area contributed by atoms with Crippen LogP contribution in [0, 0.1) is 0 Å². The van der Waals surface area contributed by atoms with E-state index in [0.717, 1.165) is 22.7 Å². The van der Waals surface area contributed by atoms with Gasteiger partial charge < -0.3 is 19.5 Å². The second-order valence-electron chi connectivity index (χ2n) is 7.43. The van der Waals surface area contributed by atoms with Gasteiger partial charge in [-0.05, 0) is 55.8 Å². The molecule has 7 heteroatoms. The third-order valence-electron chi connectivity index (χ3n) is 5.08. The van der Waals surface area contributed by atoms with Gasteiger partial charge in [-0.2, -0.15) is 0 Å². The van der Waals surface area contributed by atoms with Crippen LogP contribution < -0.4 is 19.5 Å². The molecule has 0 spiro atoms. The number of aromatic nitrogens is 2. The first-order valence-corrected chi connectivity index (χ1v) is 9.86. The van der Waals surface area contributed by atoms with E-state index in [9.17, 15) is 4.79 Å². The molecule has 2 aromatic carbocycles. The van der Waals surface area contributed by atoms with Crippen LogP contribution in [0.3, 0.4) is 0 Å². The van der Waals surface area contributed by atoms with Crippen molar-refractivity contribution in [1.29, 1.82) is 0 Å². The fourth-order valence-corrected chi connectivity index (χ4v) is 3.68. The fraction of sp³-hybridized carbons (Fsp3) is 0.304. The van der Waals surface area contributed by atoms with Gasteiger partial charge in [0.25, 0.3) is 0 Å². The highest BCUT2D eigenvalue weighted by Crippen LogP contribution is 2.40. The van der Waals surface area contributed by atoms with Gasteiger partial charge in [0.1, 0.15) is 17.9 Å². The molecule has 0 bridgehead atoms. The number of carbonyl (C=O) groups is 1. The number of benzene rings is 2. The normalized spacial score (nSPS) is 15.5. The number of anilines is 1. The lowest BCUT2D eigenvalue weighted by Crippen LogP contribution is -2.25. The molecule has 3 aromatic rings. The van der Waals surface area contributed by atoms with Crippen molar-refractivity contribution < 1.29 is 19.0 Å². The smallest absolute Gasteiger partial charge is 0.226 e. The number of nitrogens with zero attached hydrogens (tertiary/aromatic N) is 2. The van der Waals surface area contributed by atoms with Crippen molar-refractivity contribution in [2.24, 2.45) is 0 Å². The van der Waals surface area contributed by atoms with E-state index in [1.807, 2.05) is 60.9 Å². The zero-order chi connectivity index (χ0) is 21.3. The minimum Gasteiger partial charge on any atom is -0.497 e. The lowest BCUT2D eigenvalue weighted by atomic mass is 9.89. The van der Waals surface area contributed by atoms with Crippen molar-refractivity contribution in [2.75, 3.05) is 19.5 Å². The number of rotatable bonds is 6. The fourth-order valence-electron chi connectivity index (χ4n) is 3.68. The molecule has 4 rings (SSSR count). The van der Waals surface area contributed by atoms with Crippen LogP contribution in [-0.2, 0) is 4.79 Å². The summed E-state index contributed by atoms with van der Waals surface area (Å²) in [6, 6.07) is 13.4. The largest absolute Gasteiger partial charge is 0.497 e. The van der Waals surface area contributed by atoms with Crippen molar-refractivity contribution in [1.82, 2.24) is 9.55 Å². The molecule has 1 aliphatic rings. The van der Waals surface area contributed by atoms with E-state index in [1.54, 1.807) is 20.5 Å². The monoisotopic (exact) mass is 407 g/mol. The van der Waals surface area contributed by atoms with Gasteiger partial charge in [-0.25, -0.2) is 4.98 Å². The Balaban J connectivity index is 1.74. The number of nitrogens with one attached hydrogen (secondary N) is 1. The van der Waals surface area contributed by atoms with Crippen molar-refractivity contribution in [3.8, 4) is 22.9 Å². The Bertz CT molecular complexity index is 1060. The zero-order valence-electron chi connectivity index (χ0n) is 17.5. The van der Waals surface area contributed by atoms with Gasteiger partial charge in [0.05, 0.1) is 26.0 Å². The molecule has 0 saturated heterocycles. The van der Waals surface area contributed by atoms with Crippen LogP contribution >= 0.6 is 0 Å². The third-order valence-corrected chi connectivity index (χ3v) is 5.08. The molecule has 0 unspecified atom stereocenters. The summed E-state index contributed by atoms with van der Waals surface area (Å²) in [6.07, 6.45) is 2.06. The summed E-state index contributed by atoms with van der Waals surface area (Å²) in [4.78, 5) is 17.2. The van der Waals surface area contributed by atoms with Crippen LogP contribution in [0.4, 0.5) is 5.82 Å². The van der Waals surface area contributed by atoms with Crippen molar-refractivity contribution in [3.05, 3.63) is 60.0 Å². The molecule has 156 valence electrons. The van der Waals surface area contributed by atoms with E-state index >= 15 is 0 Å². The van der Waals surface area contributed by atoms with Gasteiger partial charge in [-0.15, -0.1) is 0 Å². The lowest BCUT2D eigenvalue weighted by Gasteiger charge is -2.24. The molecule has 7 nitrogen and oxygen atoms in total. The number of hydrogen-bond acceptors (Lipinski definition) is 5. The van der Waals surface area contributed by atoms with E-state index in [1.165, 1.54) is 0 Å². The quantitative estimate of drug-likeness (QED) is 0.664. The summed E-state index contributed by atoms with van der Waals surface area (Å²) in [7, 11) is 3.25. The lowest BCUT2D eigenvalue weighted by molar-refractivity contribution is -0.116. The average Bonchev–Trinajstić information content (AvgIpc) is 3.16. The molecule has 30 heavy (non-hydrogen) atoms. The van der Waals surface area contributed by atoms with E-state index in [0.29, 0.717) is 23.7 Å². The first-order chi connectivity index (χ1) is 14.5. The molecule has 1 N–H and O–H groups in total. The highest BCUT2D eigenvalue weighted by molar-refractivity contribution is 5.94. The molecular weight excluding hydrogens is 382 g/mol. The molecule has 0 aliphatic carbocycles. The maximum absolute atomic E-state index is 12.5. The van der Waals surface area contributed by atoms with Crippen LogP contribution in [0.15, 0.2) is 48.8 Å². The molecule has 0 saturated carbocycles. The number of ether oxygens (including phenoxy) is 3. The molecule has 1 atom stereocenters. The van der Waals surface area contributed by atoms with Crippen LogP contribution in [0.1, 0.15) is 37.4 Å². The summed E-state index contributed by atoms with van der Waals surface area (Å²) >= 11 is 0. The Morgan fingerprint density at radius 3 is 2.50 bits per heavy atom. The Morgan fingerprint density at radius 2 is 1.83 bits per heavy atom. The van der Waals surface area contributed by atoms with Crippen LogP contribution in [-0.4, -0.2) is 35.8 Å². The van der Waals surface area contributed by atoms with Gasteiger partial charge in [-0.1, -0.05) is 6.07 Å². The van der Waals surface area contributed by atoms with Crippen molar-refractivity contribution >= 4 is 11.7 Å². The molecule has 1 amide bonds. The second kappa shape index (κ2) is 8.10. The molecule has 0 radical (unpaired) electrons. The van der Waals surface area contributed by atoms with Gasteiger partial charge >= 0.3 is 0 Å². The maximum atomic E-state index is 12.5. The SMILES string of the molecule is COc1ccc(-n2cnc3c2NC(=O)C[C@H]3c2ccc(OC)c(OC(C)C)c2)cc1. The van der Waals surface area contributed by atoms with Crippen molar-refractivity contribution in [3.63, 3.8) is 0 Å². The Labute approximate surface area is 175 Å². The summed E-state index contributed by atoms with van der Waals surface area (Å²) < 4.78 is 18.5. The number of hydrogen-bond donors (Lipinski definition) is 1. The van der Waals surface area contributed by atoms with Crippen molar-refractivity contribution in [2.45, 2.75) is 32.3 Å². The molecule has 1 aliphatic heterocycles. The van der Waals surface area contributed by atoms with Gasteiger partial charge in [-0.3, -0.25) is 9.36 Å². The Kier molecular flexibility index (Phi) is 5.35. The number of fused-ring (bicyclic) bond motifs is 1. The van der Waals surface area contributed by atoms with Crippen LogP contribution in [0.2, 0.25) is 0 Å². The highest BCUT2D eigenvalue weighted by Gasteiger charge is 2.31. The number of methoxy groups -OCH3 is 2. The van der Waals surface area contributed by atoms with E-state index in [4.69, 9.17) is 14.2 Å². The topological polar surface area (TPSA) is 74.6 Å². The Morgan fingerprint density at radius 1 is 1.07 bits per heavy atom. The molecule has 2 heterocycles. The number of imidazole rings is 1. The second-order valence-corrected chi connectivity index (χ2v) is 7.43. The minimum absolute atomic E-state index is 0.00801. The van der Waals surface area contributed by atoms with Gasteiger partial charge in [0.2, 0.25) is 5.91 Å². The molecule has 0 fully saturated rings. The standard InChI is InChI=1S/C23H25N3O4/c1-14(2)30-20-11-15(5-10-19(20)29-4)18-12-21(27)25-23-22(18)24-13-26(23)16-6-8-17(28-3)9-7-16/h5-11,13-14,18H,12H2,1-4H3,(H,25,27)/t18-/m0/s1. The average molecular weight is 407 g/mol. The minimum atomic E-state index is -0.173. The molecule has 1 aromatic heterocycles. The molecular formula is C23H25N3O4. The van der Waals surface area contributed by atoms with E-state index in [-0.39, 0.29) is 17.9 Å². The number of amides is 1. The summed E-state index contributed by atoms with van der Waals surface area (Å²) in [5, 5.41) is 2.98. The van der Waals surface area contributed by atoms with Gasteiger partial charge in [0.15, 0.2) is 11.5 Å². The van der Waals surface area contributed by atoms with Crippen LogP contribution in [0.5, 0.6) is 17.2 Å². The first kappa shape index (κ1) is 19.8. The maximum Gasteiger partial charge on any atom is 0.226 e. The third kappa shape index (κ3) is 3.70. The first-order valence-electron chi connectivity index (χ1n) is 9.86. The highest BCUT2D eigenvalue weighted by atomic mass is 16.5. The zero-order valence-corrected chi connectivity index (χ0v) is 17.5. The van der Waals surface area contributed by atoms with Crippen LogP contribution in [0.25, 0.3) is 5.69 Å². The predicted molar refractivity (Wildman–Crippen MR) is 114 cm³/mol. The summed E-state index contributed by atoms with van der Waals surface area (Å²) in [5.41, 5.74) is 2.68.